The number of rotatable bonds is 3. The van der Waals surface area contributed by atoms with Gasteiger partial charge in [-0.1, -0.05) is 12.1 Å². The highest BCUT2D eigenvalue weighted by molar-refractivity contribution is 6.03. The average molecular weight is 371 g/mol. The molecular weight excluding hydrogens is 355 g/mol. The molecule has 1 amide bonds. The van der Waals surface area contributed by atoms with Crippen molar-refractivity contribution in [2.75, 3.05) is 11.1 Å². The number of aromatic nitrogens is 1. The Labute approximate surface area is 153 Å². The second kappa shape index (κ2) is 7.11. The van der Waals surface area contributed by atoms with Crippen LogP contribution in [0, 0.1) is 6.92 Å². The van der Waals surface area contributed by atoms with E-state index >= 15 is 0 Å². The van der Waals surface area contributed by atoms with Crippen molar-refractivity contribution < 1.29 is 18.0 Å². The van der Waals surface area contributed by atoms with Crippen LogP contribution < -0.4 is 11.1 Å². The zero-order valence-electron chi connectivity index (χ0n) is 14.3. The van der Waals surface area contributed by atoms with Crippen LogP contribution in [0.2, 0.25) is 0 Å². The summed E-state index contributed by atoms with van der Waals surface area (Å²) < 4.78 is 38.2. The summed E-state index contributed by atoms with van der Waals surface area (Å²) in [4.78, 5) is 16.4. The van der Waals surface area contributed by atoms with E-state index in [2.05, 4.69) is 10.3 Å². The number of pyridine rings is 1. The van der Waals surface area contributed by atoms with Crippen molar-refractivity contribution in [3.63, 3.8) is 0 Å². The number of amides is 1. The lowest BCUT2D eigenvalue weighted by atomic mass is 10.1. The van der Waals surface area contributed by atoms with Crippen LogP contribution in [0.1, 0.15) is 16.8 Å². The molecule has 0 bridgehead atoms. The topological polar surface area (TPSA) is 68.0 Å². The second-order valence-corrected chi connectivity index (χ2v) is 6.03. The number of carbonyl (C=O) groups is 1. The van der Waals surface area contributed by atoms with E-state index in [1.807, 2.05) is 6.92 Å². The molecule has 0 spiro atoms. The van der Waals surface area contributed by atoms with Gasteiger partial charge in [0.2, 0.25) is 5.91 Å². The average Bonchev–Trinajstić information content (AvgIpc) is 2.60. The molecule has 0 aliphatic carbocycles. The Morgan fingerprint density at radius 3 is 2.67 bits per heavy atom. The fourth-order valence-electron chi connectivity index (χ4n) is 2.64. The van der Waals surface area contributed by atoms with Crippen molar-refractivity contribution in [3.05, 3.63) is 71.4 Å². The van der Waals surface area contributed by atoms with Crippen molar-refractivity contribution in [2.24, 2.45) is 0 Å². The number of anilines is 2. The van der Waals surface area contributed by atoms with Gasteiger partial charge in [-0.05, 0) is 55.0 Å². The Hall–Kier alpha value is -3.35. The number of hydrogen-bond acceptors (Lipinski definition) is 3. The van der Waals surface area contributed by atoms with Crippen LogP contribution in [0.4, 0.5) is 24.5 Å². The molecule has 0 radical (unpaired) electrons. The lowest BCUT2D eigenvalue weighted by Crippen LogP contribution is -2.08. The van der Waals surface area contributed by atoms with Gasteiger partial charge in [-0.25, -0.2) is 0 Å². The first-order valence-electron chi connectivity index (χ1n) is 8.05. The molecule has 3 rings (SSSR count). The van der Waals surface area contributed by atoms with Gasteiger partial charge in [0.15, 0.2) is 0 Å². The molecule has 0 atom stereocenters. The van der Waals surface area contributed by atoms with Crippen LogP contribution in [0.5, 0.6) is 0 Å². The molecule has 4 nitrogen and oxygen atoms in total. The smallest absolute Gasteiger partial charge is 0.398 e. The van der Waals surface area contributed by atoms with E-state index in [1.54, 1.807) is 24.3 Å². The van der Waals surface area contributed by atoms with Crippen molar-refractivity contribution in [1.29, 1.82) is 0 Å². The highest BCUT2D eigenvalue weighted by Gasteiger charge is 2.30. The number of alkyl halides is 3. The molecule has 0 saturated heterocycles. The second-order valence-electron chi connectivity index (χ2n) is 6.03. The van der Waals surface area contributed by atoms with Crippen LogP contribution in [0.3, 0.4) is 0 Å². The summed E-state index contributed by atoms with van der Waals surface area (Å²) in [5.74, 6) is -0.467. The maximum Gasteiger partial charge on any atom is 0.416 e. The fourth-order valence-corrected chi connectivity index (χ4v) is 2.64. The van der Waals surface area contributed by atoms with Gasteiger partial charge in [-0.15, -0.1) is 0 Å². The molecule has 0 unspecified atom stereocenters. The first kappa shape index (κ1) is 18.4. The summed E-state index contributed by atoms with van der Waals surface area (Å²) in [5, 5.41) is 3.37. The molecule has 3 aromatic rings. The summed E-state index contributed by atoms with van der Waals surface area (Å²) >= 11 is 0. The number of nitrogen functional groups attached to an aromatic ring is 1. The van der Waals surface area contributed by atoms with Gasteiger partial charge < -0.3 is 11.1 Å². The van der Waals surface area contributed by atoms with Gasteiger partial charge in [0.25, 0.3) is 0 Å². The van der Waals surface area contributed by atoms with Gasteiger partial charge in [0.1, 0.15) is 0 Å². The van der Waals surface area contributed by atoms with Crippen LogP contribution in [0.25, 0.3) is 17.0 Å². The summed E-state index contributed by atoms with van der Waals surface area (Å²) in [6, 6.07) is 11.6. The number of nitrogens with two attached hydrogens (primary N) is 1. The van der Waals surface area contributed by atoms with Crippen molar-refractivity contribution >= 4 is 34.3 Å². The molecule has 7 heteroatoms. The van der Waals surface area contributed by atoms with E-state index in [0.29, 0.717) is 22.3 Å². The number of nitrogens with one attached hydrogen (secondary N) is 1. The Balaban J connectivity index is 1.76. The predicted molar refractivity (Wildman–Crippen MR) is 100 cm³/mol. The Kier molecular flexibility index (Phi) is 4.85. The van der Waals surface area contributed by atoms with E-state index in [9.17, 15) is 18.0 Å². The molecule has 3 N–H and O–H groups in total. The number of carbonyl (C=O) groups excluding carboxylic acids is 1. The van der Waals surface area contributed by atoms with Crippen molar-refractivity contribution in [1.82, 2.24) is 4.98 Å². The third-order valence-corrected chi connectivity index (χ3v) is 3.88. The third kappa shape index (κ3) is 4.44. The van der Waals surface area contributed by atoms with E-state index in [4.69, 9.17) is 5.73 Å². The Morgan fingerprint density at radius 1 is 1.15 bits per heavy atom. The van der Waals surface area contributed by atoms with E-state index in [0.717, 1.165) is 17.8 Å². The number of hydrogen-bond donors (Lipinski definition) is 2. The molecule has 1 heterocycles. The molecule has 0 aliphatic rings. The number of benzene rings is 2. The number of nitrogens with zero attached hydrogens (tertiary/aromatic N) is 1. The minimum Gasteiger partial charge on any atom is -0.398 e. The first-order valence-corrected chi connectivity index (χ1v) is 8.05. The molecule has 0 aliphatic heterocycles. The minimum atomic E-state index is -4.43. The molecule has 0 fully saturated rings. The third-order valence-electron chi connectivity index (χ3n) is 3.88. The Bertz CT molecular complexity index is 1040. The van der Waals surface area contributed by atoms with Gasteiger partial charge in [0.05, 0.1) is 11.1 Å². The number of fused-ring (bicyclic) bond motifs is 1. The quantitative estimate of drug-likeness (QED) is 0.650. The number of halogens is 3. The lowest BCUT2D eigenvalue weighted by molar-refractivity contribution is -0.137. The molecule has 2 aromatic carbocycles. The lowest BCUT2D eigenvalue weighted by Gasteiger charge is -2.08. The van der Waals surface area contributed by atoms with Gasteiger partial charge in [0, 0.05) is 28.5 Å². The maximum absolute atomic E-state index is 12.7. The molecule has 1 aromatic heterocycles. The minimum absolute atomic E-state index is 0.280. The van der Waals surface area contributed by atoms with Crippen molar-refractivity contribution in [3.8, 4) is 0 Å². The van der Waals surface area contributed by atoms with E-state index in [1.165, 1.54) is 24.3 Å². The summed E-state index contributed by atoms with van der Waals surface area (Å²) in [5.41, 5.74) is 8.06. The molecule has 27 heavy (non-hydrogen) atoms. The number of aryl methyl sites for hydroxylation is 1. The van der Waals surface area contributed by atoms with Crippen LogP contribution in [-0.2, 0) is 11.0 Å². The van der Waals surface area contributed by atoms with Crippen LogP contribution in [0.15, 0.2) is 54.6 Å². The zero-order valence-corrected chi connectivity index (χ0v) is 14.3. The van der Waals surface area contributed by atoms with Crippen LogP contribution in [-0.4, -0.2) is 10.9 Å². The first-order chi connectivity index (χ1) is 12.7. The molecular formula is C20H16F3N3O. The highest BCUT2D eigenvalue weighted by atomic mass is 19.4. The predicted octanol–water partition coefficient (Wildman–Crippen LogP) is 4.80. The zero-order chi connectivity index (χ0) is 19.6. The Morgan fingerprint density at radius 2 is 1.93 bits per heavy atom. The van der Waals surface area contributed by atoms with Gasteiger partial charge >= 0.3 is 6.18 Å². The molecule has 138 valence electrons. The van der Waals surface area contributed by atoms with Crippen molar-refractivity contribution in [2.45, 2.75) is 13.1 Å². The van der Waals surface area contributed by atoms with Gasteiger partial charge in [-0.2, -0.15) is 13.2 Å². The summed E-state index contributed by atoms with van der Waals surface area (Å²) in [6.07, 6.45) is -1.93. The van der Waals surface area contributed by atoms with E-state index in [-0.39, 0.29) is 5.56 Å². The largest absolute Gasteiger partial charge is 0.416 e. The highest BCUT2D eigenvalue weighted by Crippen LogP contribution is 2.29. The maximum atomic E-state index is 12.7. The summed E-state index contributed by atoms with van der Waals surface area (Å²) in [7, 11) is 0. The fraction of sp³-hybridized carbons (Fsp3) is 0.100. The van der Waals surface area contributed by atoms with Crippen LogP contribution >= 0.6 is 0 Å². The SMILES string of the molecule is Cc1cc(N)c2cc(NC(=O)/C=C/c3cccc(C(F)(F)F)c3)ccc2n1. The van der Waals surface area contributed by atoms with E-state index < -0.39 is 17.6 Å². The van der Waals surface area contributed by atoms with Gasteiger partial charge in [-0.3, -0.25) is 9.78 Å². The monoisotopic (exact) mass is 371 g/mol. The normalized spacial score (nSPS) is 11.9. The standard InChI is InChI=1S/C20H16F3N3O/c1-12-9-17(24)16-11-15(6-7-18(16)25-12)26-19(27)8-5-13-3-2-4-14(10-13)20(21,22)23/h2-11H,1H3,(H2,24,25)(H,26,27)/b8-5+. The molecule has 0 saturated carbocycles. The summed E-state index contributed by atoms with van der Waals surface area (Å²) in [6.45, 7) is 1.84.